The molecule has 0 saturated heterocycles. The first kappa shape index (κ1) is 13.6. The van der Waals surface area contributed by atoms with Crippen molar-refractivity contribution in [2.75, 3.05) is 11.9 Å². The average molecular weight is 270 g/mol. The van der Waals surface area contributed by atoms with Gasteiger partial charge in [-0.05, 0) is 36.4 Å². The van der Waals surface area contributed by atoms with Crippen molar-refractivity contribution >= 4 is 23.3 Å². The number of benzene rings is 2. The average Bonchev–Trinajstić information content (AvgIpc) is 2.46. The number of primary amides is 1. The fourth-order valence-corrected chi connectivity index (χ4v) is 1.94. The molecule has 5 heteroatoms. The van der Waals surface area contributed by atoms with Gasteiger partial charge >= 0.3 is 5.97 Å². The highest BCUT2D eigenvalue weighted by Gasteiger charge is 2.13. The van der Waals surface area contributed by atoms with E-state index in [1.807, 2.05) is 6.07 Å². The van der Waals surface area contributed by atoms with Gasteiger partial charge < -0.3 is 15.7 Å². The number of amides is 1. The Hall–Kier alpha value is -2.82. The molecular weight excluding hydrogens is 256 g/mol. The Morgan fingerprint density at radius 3 is 2.20 bits per heavy atom. The van der Waals surface area contributed by atoms with Gasteiger partial charge in [-0.3, -0.25) is 4.79 Å². The Balaban J connectivity index is 2.38. The molecule has 0 atom stereocenters. The molecule has 0 saturated carbocycles. The van der Waals surface area contributed by atoms with Crippen LogP contribution in [0.15, 0.2) is 48.5 Å². The molecule has 0 radical (unpaired) electrons. The van der Waals surface area contributed by atoms with E-state index in [1.165, 1.54) is 12.1 Å². The summed E-state index contributed by atoms with van der Waals surface area (Å²) in [5.74, 6) is -1.48. The van der Waals surface area contributed by atoms with Crippen molar-refractivity contribution in [3.63, 3.8) is 0 Å². The summed E-state index contributed by atoms with van der Waals surface area (Å²) in [7, 11) is 1.79. The minimum absolute atomic E-state index is 0.213. The van der Waals surface area contributed by atoms with E-state index in [0.29, 0.717) is 11.3 Å². The Kier molecular flexibility index (Phi) is 3.70. The number of carboxylic acid groups (broad SMARTS) is 1. The molecule has 0 aliphatic carbocycles. The summed E-state index contributed by atoms with van der Waals surface area (Å²) >= 11 is 0. The topological polar surface area (TPSA) is 83.6 Å². The van der Waals surface area contributed by atoms with Crippen molar-refractivity contribution in [3.05, 3.63) is 59.7 Å². The summed E-state index contributed by atoms with van der Waals surface area (Å²) in [6, 6.07) is 13.4. The van der Waals surface area contributed by atoms with Crippen LogP contribution in [0.2, 0.25) is 0 Å². The van der Waals surface area contributed by atoms with Gasteiger partial charge in [0.1, 0.15) is 0 Å². The van der Waals surface area contributed by atoms with Crippen molar-refractivity contribution in [2.45, 2.75) is 0 Å². The SMILES string of the molecule is CN(c1ccc(C(=O)O)cc1)c1ccccc1C(N)=O. The van der Waals surface area contributed by atoms with Crippen LogP contribution in [0, 0.1) is 0 Å². The number of carbonyl (C=O) groups excluding carboxylic acids is 1. The molecule has 0 aliphatic heterocycles. The van der Waals surface area contributed by atoms with Crippen molar-refractivity contribution in [1.82, 2.24) is 0 Å². The zero-order valence-corrected chi connectivity index (χ0v) is 10.9. The molecule has 5 nitrogen and oxygen atoms in total. The zero-order valence-electron chi connectivity index (χ0n) is 10.9. The number of aromatic carboxylic acids is 1. The summed E-state index contributed by atoms with van der Waals surface area (Å²) in [4.78, 5) is 24.0. The molecule has 0 fully saturated rings. The Morgan fingerprint density at radius 1 is 1.05 bits per heavy atom. The molecule has 0 heterocycles. The van der Waals surface area contributed by atoms with Gasteiger partial charge in [-0.1, -0.05) is 12.1 Å². The number of carboxylic acids is 1. The summed E-state index contributed by atoms with van der Waals surface area (Å²) in [5, 5.41) is 8.87. The van der Waals surface area contributed by atoms with Crippen LogP contribution in [0.25, 0.3) is 0 Å². The summed E-state index contributed by atoms with van der Waals surface area (Å²) in [6.45, 7) is 0. The lowest BCUT2D eigenvalue weighted by atomic mass is 10.1. The summed E-state index contributed by atoms with van der Waals surface area (Å²) in [5.41, 5.74) is 7.42. The molecule has 2 aromatic rings. The highest BCUT2D eigenvalue weighted by Crippen LogP contribution is 2.26. The van der Waals surface area contributed by atoms with E-state index in [2.05, 4.69) is 0 Å². The van der Waals surface area contributed by atoms with E-state index in [-0.39, 0.29) is 5.56 Å². The maximum absolute atomic E-state index is 11.4. The first-order valence-corrected chi connectivity index (χ1v) is 5.96. The predicted octanol–water partition coefficient (Wildman–Crippen LogP) is 2.25. The lowest BCUT2D eigenvalue weighted by Gasteiger charge is -2.21. The van der Waals surface area contributed by atoms with E-state index >= 15 is 0 Å². The monoisotopic (exact) mass is 270 g/mol. The molecule has 0 bridgehead atoms. The van der Waals surface area contributed by atoms with Crippen LogP contribution < -0.4 is 10.6 Å². The second-order valence-electron chi connectivity index (χ2n) is 4.29. The number of rotatable bonds is 4. The van der Waals surface area contributed by atoms with Gasteiger partial charge in [0.15, 0.2) is 0 Å². The van der Waals surface area contributed by atoms with Crippen LogP contribution in [0.5, 0.6) is 0 Å². The number of nitrogens with two attached hydrogens (primary N) is 1. The smallest absolute Gasteiger partial charge is 0.335 e. The number of hydrogen-bond donors (Lipinski definition) is 2. The van der Waals surface area contributed by atoms with Crippen LogP contribution in [0.3, 0.4) is 0 Å². The predicted molar refractivity (Wildman–Crippen MR) is 76.4 cm³/mol. The van der Waals surface area contributed by atoms with Gasteiger partial charge in [0.2, 0.25) is 0 Å². The maximum Gasteiger partial charge on any atom is 0.335 e. The molecule has 102 valence electrons. The van der Waals surface area contributed by atoms with Gasteiger partial charge in [-0.15, -0.1) is 0 Å². The first-order chi connectivity index (χ1) is 9.50. The van der Waals surface area contributed by atoms with Crippen molar-refractivity contribution in [2.24, 2.45) is 5.73 Å². The van der Waals surface area contributed by atoms with E-state index in [9.17, 15) is 9.59 Å². The number of hydrogen-bond acceptors (Lipinski definition) is 3. The molecule has 2 rings (SSSR count). The summed E-state index contributed by atoms with van der Waals surface area (Å²) in [6.07, 6.45) is 0. The van der Waals surface area contributed by atoms with Crippen molar-refractivity contribution in [1.29, 1.82) is 0 Å². The number of carbonyl (C=O) groups is 2. The Bertz CT molecular complexity index is 650. The molecule has 3 N–H and O–H groups in total. The number of nitrogens with zero attached hydrogens (tertiary/aromatic N) is 1. The normalized spacial score (nSPS) is 10.1. The van der Waals surface area contributed by atoms with Gasteiger partial charge in [-0.2, -0.15) is 0 Å². The second kappa shape index (κ2) is 5.44. The van der Waals surface area contributed by atoms with E-state index < -0.39 is 11.9 Å². The molecule has 0 aromatic heterocycles. The van der Waals surface area contributed by atoms with Crippen LogP contribution in [-0.2, 0) is 0 Å². The third-order valence-electron chi connectivity index (χ3n) is 3.03. The molecule has 1 amide bonds. The zero-order chi connectivity index (χ0) is 14.7. The second-order valence-corrected chi connectivity index (χ2v) is 4.29. The Morgan fingerprint density at radius 2 is 1.65 bits per heavy atom. The van der Waals surface area contributed by atoms with Crippen LogP contribution in [-0.4, -0.2) is 24.0 Å². The highest BCUT2D eigenvalue weighted by molar-refractivity contribution is 5.99. The molecule has 2 aromatic carbocycles. The minimum Gasteiger partial charge on any atom is -0.478 e. The molecule has 0 spiro atoms. The van der Waals surface area contributed by atoms with Crippen LogP contribution >= 0.6 is 0 Å². The highest BCUT2D eigenvalue weighted by atomic mass is 16.4. The van der Waals surface area contributed by atoms with E-state index in [4.69, 9.17) is 10.8 Å². The van der Waals surface area contributed by atoms with Crippen LogP contribution in [0.1, 0.15) is 20.7 Å². The third-order valence-corrected chi connectivity index (χ3v) is 3.03. The largest absolute Gasteiger partial charge is 0.478 e. The van der Waals surface area contributed by atoms with Gasteiger partial charge in [-0.25, -0.2) is 4.79 Å². The van der Waals surface area contributed by atoms with Gasteiger partial charge in [0, 0.05) is 12.7 Å². The number of anilines is 2. The molecule has 0 unspecified atom stereocenters. The molecule has 20 heavy (non-hydrogen) atoms. The minimum atomic E-state index is -0.975. The maximum atomic E-state index is 11.4. The van der Waals surface area contributed by atoms with Crippen molar-refractivity contribution < 1.29 is 14.7 Å². The summed E-state index contributed by atoms with van der Waals surface area (Å²) < 4.78 is 0. The Labute approximate surface area is 116 Å². The lowest BCUT2D eigenvalue weighted by molar-refractivity contribution is 0.0696. The number of para-hydroxylation sites is 1. The van der Waals surface area contributed by atoms with Gasteiger partial charge in [0.25, 0.3) is 5.91 Å². The quantitative estimate of drug-likeness (QED) is 0.892. The molecule has 0 aliphatic rings. The van der Waals surface area contributed by atoms with Crippen LogP contribution in [0.4, 0.5) is 11.4 Å². The van der Waals surface area contributed by atoms with Gasteiger partial charge in [0.05, 0.1) is 16.8 Å². The lowest BCUT2D eigenvalue weighted by Crippen LogP contribution is -2.18. The third kappa shape index (κ3) is 2.61. The molecular formula is C15H14N2O3. The fourth-order valence-electron chi connectivity index (χ4n) is 1.94. The van der Waals surface area contributed by atoms with E-state index in [1.54, 1.807) is 42.3 Å². The standard InChI is InChI=1S/C15H14N2O3/c1-17(11-8-6-10(7-9-11)15(19)20)13-5-3-2-4-12(13)14(16)18/h2-9H,1H3,(H2,16,18)(H,19,20). The fraction of sp³-hybridized carbons (Fsp3) is 0.0667. The first-order valence-electron chi connectivity index (χ1n) is 5.96. The van der Waals surface area contributed by atoms with Crippen molar-refractivity contribution in [3.8, 4) is 0 Å². The van der Waals surface area contributed by atoms with E-state index in [0.717, 1.165) is 5.69 Å².